The van der Waals surface area contributed by atoms with Gasteiger partial charge in [0.2, 0.25) is 0 Å². The molecule has 3 aromatic heterocycles. The van der Waals surface area contributed by atoms with Gasteiger partial charge in [0.05, 0.1) is 5.56 Å². The van der Waals surface area contributed by atoms with E-state index < -0.39 is 0 Å². The second-order valence-corrected chi connectivity index (χ2v) is 6.07. The first-order chi connectivity index (χ1) is 11.8. The van der Waals surface area contributed by atoms with Crippen molar-refractivity contribution in [2.75, 3.05) is 23.7 Å². The number of nitrogens with one attached hydrogen (secondary N) is 1. The first kappa shape index (κ1) is 14.5. The number of H-pyrrole nitrogens is 1. The number of hydrogen-bond donors (Lipinski definition) is 2. The van der Waals surface area contributed by atoms with Crippen LogP contribution in [0.25, 0.3) is 22.2 Å². The Morgan fingerprint density at radius 1 is 1.21 bits per heavy atom. The summed E-state index contributed by atoms with van der Waals surface area (Å²) in [6, 6.07) is 5.96. The van der Waals surface area contributed by atoms with Gasteiger partial charge in [-0.1, -0.05) is 0 Å². The minimum absolute atomic E-state index is 0.260. The molecule has 1 fully saturated rings. The van der Waals surface area contributed by atoms with Gasteiger partial charge in [-0.3, -0.25) is 0 Å². The Morgan fingerprint density at radius 3 is 2.83 bits per heavy atom. The lowest BCUT2D eigenvalue weighted by Gasteiger charge is -2.29. The van der Waals surface area contributed by atoms with Crippen LogP contribution in [0.15, 0.2) is 30.7 Å². The quantitative estimate of drug-likeness (QED) is 0.757. The molecule has 3 N–H and O–H groups in total. The number of hydrogen-bond acceptors (Lipinski definition) is 5. The maximum absolute atomic E-state index is 9.21. The third kappa shape index (κ3) is 2.35. The summed E-state index contributed by atoms with van der Waals surface area (Å²) >= 11 is 0. The molecular formula is C18H18N6. The Balaban J connectivity index is 1.89. The molecule has 0 atom stereocenters. The summed E-state index contributed by atoms with van der Waals surface area (Å²) in [6.07, 6.45) is 9.20. The molecule has 0 spiro atoms. The lowest BCUT2D eigenvalue weighted by molar-refractivity contribution is 0.579. The van der Waals surface area contributed by atoms with Crippen molar-refractivity contribution in [2.24, 2.45) is 0 Å². The SMILES string of the molecule is N#Cc1cc(-c2c[nH]c3nccc(N4CCCCC4)c23)cnc1N. The van der Waals surface area contributed by atoms with Gasteiger partial charge in [-0.15, -0.1) is 0 Å². The lowest BCUT2D eigenvalue weighted by atomic mass is 10.0. The molecule has 4 heterocycles. The predicted molar refractivity (Wildman–Crippen MR) is 94.5 cm³/mol. The first-order valence-corrected chi connectivity index (χ1v) is 8.15. The van der Waals surface area contributed by atoms with Crippen LogP contribution in [0.3, 0.4) is 0 Å². The van der Waals surface area contributed by atoms with E-state index in [1.807, 2.05) is 12.4 Å². The van der Waals surface area contributed by atoms with Gasteiger partial charge in [0.15, 0.2) is 0 Å². The average Bonchev–Trinajstić information content (AvgIpc) is 3.07. The highest BCUT2D eigenvalue weighted by atomic mass is 15.1. The molecule has 0 radical (unpaired) electrons. The smallest absolute Gasteiger partial charge is 0.141 e. The summed E-state index contributed by atoms with van der Waals surface area (Å²) in [4.78, 5) is 14.3. The Kier molecular flexibility index (Phi) is 3.54. The van der Waals surface area contributed by atoms with Crippen LogP contribution in [0, 0.1) is 11.3 Å². The summed E-state index contributed by atoms with van der Waals surface area (Å²) in [5, 5.41) is 10.3. The Bertz CT molecular complexity index is 930. The normalized spacial score (nSPS) is 14.7. The van der Waals surface area contributed by atoms with Crippen LogP contribution >= 0.6 is 0 Å². The molecule has 3 aromatic rings. The lowest BCUT2D eigenvalue weighted by Crippen LogP contribution is -2.29. The highest BCUT2D eigenvalue weighted by Crippen LogP contribution is 2.36. The molecule has 120 valence electrons. The number of rotatable bonds is 2. The van der Waals surface area contributed by atoms with E-state index in [4.69, 9.17) is 5.73 Å². The Hall–Kier alpha value is -3.07. The number of nitrogens with zero attached hydrogens (tertiary/aromatic N) is 4. The topological polar surface area (TPSA) is 94.6 Å². The fourth-order valence-electron chi connectivity index (χ4n) is 3.38. The zero-order chi connectivity index (χ0) is 16.5. The Labute approximate surface area is 139 Å². The fraction of sp³-hybridized carbons (Fsp3) is 0.278. The third-order valence-electron chi connectivity index (χ3n) is 4.60. The molecule has 0 aliphatic carbocycles. The first-order valence-electron chi connectivity index (χ1n) is 8.15. The number of aromatic nitrogens is 3. The second-order valence-electron chi connectivity index (χ2n) is 6.07. The number of nitrogens with two attached hydrogens (primary N) is 1. The van der Waals surface area contributed by atoms with E-state index in [9.17, 15) is 5.26 Å². The van der Waals surface area contributed by atoms with E-state index in [0.717, 1.165) is 35.2 Å². The number of anilines is 2. The van der Waals surface area contributed by atoms with E-state index in [-0.39, 0.29) is 5.82 Å². The van der Waals surface area contributed by atoms with E-state index in [1.165, 1.54) is 24.9 Å². The number of nitrogen functional groups attached to an aromatic ring is 1. The molecule has 6 heteroatoms. The average molecular weight is 318 g/mol. The van der Waals surface area contributed by atoms with Gasteiger partial charge >= 0.3 is 0 Å². The van der Waals surface area contributed by atoms with E-state index in [1.54, 1.807) is 12.3 Å². The molecule has 4 rings (SSSR count). The van der Waals surface area contributed by atoms with Gasteiger partial charge in [-0.05, 0) is 31.4 Å². The zero-order valence-corrected chi connectivity index (χ0v) is 13.3. The molecule has 0 bridgehead atoms. The zero-order valence-electron chi connectivity index (χ0n) is 13.3. The molecule has 24 heavy (non-hydrogen) atoms. The highest BCUT2D eigenvalue weighted by molar-refractivity contribution is 6.02. The minimum atomic E-state index is 0.260. The molecule has 0 saturated carbocycles. The van der Waals surface area contributed by atoms with Crippen molar-refractivity contribution in [3.8, 4) is 17.2 Å². The van der Waals surface area contributed by atoms with Crippen molar-refractivity contribution in [2.45, 2.75) is 19.3 Å². The predicted octanol–water partition coefficient (Wildman–Crippen LogP) is 3.07. The van der Waals surface area contributed by atoms with Gasteiger partial charge in [0.25, 0.3) is 0 Å². The van der Waals surface area contributed by atoms with Gasteiger partial charge in [0, 0.05) is 53.9 Å². The second kappa shape index (κ2) is 5.85. The molecule has 6 nitrogen and oxygen atoms in total. The summed E-state index contributed by atoms with van der Waals surface area (Å²) in [5.41, 5.74) is 10.1. The fourth-order valence-corrected chi connectivity index (χ4v) is 3.38. The maximum Gasteiger partial charge on any atom is 0.141 e. The summed E-state index contributed by atoms with van der Waals surface area (Å²) < 4.78 is 0. The molecule has 1 saturated heterocycles. The molecule has 1 aliphatic rings. The third-order valence-corrected chi connectivity index (χ3v) is 4.60. The number of fused-ring (bicyclic) bond motifs is 1. The van der Waals surface area contributed by atoms with Crippen LogP contribution in [0.2, 0.25) is 0 Å². The van der Waals surface area contributed by atoms with E-state index in [0.29, 0.717) is 5.56 Å². The van der Waals surface area contributed by atoms with Crippen LogP contribution in [-0.4, -0.2) is 28.0 Å². The number of nitriles is 1. The van der Waals surface area contributed by atoms with Crippen LogP contribution < -0.4 is 10.6 Å². The largest absolute Gasteiger partial charge is 0.383 e. The standard InChI is InChI=1S/C18H18N6/c19-9-12-8-13(10-22-17(12)20)14-11-23-18-16(14)15(4-5-21-18)24-6-2-1-3-7-24/h4-5,8,10-11H,1-3,6-7H2,(H2,20,22)(H,21,23). The Morgan fingerprint density at radius 2 is 2.04 bits per heavy atom. The van der Waals surface area contributed by atoms with Crippen LogP contribution in [-0.2, 0) is 0 Å². The van der Waals surface area contributed by atoms with Crippen LogP contribution in [0.1, 0.15) is 24.8 Å². The summed E-state index contributed by atoms with van der Waals surface area (Å²) in [7, 11) is 0. The summed E-state index contributed by atoms with van der Waals surface area (Å²) in [5.74, 6) is 0.260. The van der Waals surface area contributed by atoms with Crippen molar-refractivity contribution in [3.05, 3.63) is 36.3 Å². The number of aromatic amines is 1. The van der Waals surface area contributed by atoms with Gasteiger partial charge in [-0.2, -0.15) is 5.26 Å². The molecular weight excluding hydrogens is 300 g/mol. The van der Waals surface area contributed by atoms with Crippen molar-refractivity contribution in [1.29, 1.82) is 5.26 Å². The maximum atomic E-state index is 9.21. The van der Waals surface area contributed by atoms with Crippen molar-refractivity contribution < 1.29 is 0 Å². The molecule has 1 aliphatic heterocycles. The summed E-state index contributed by atoms with van der Waals surface area (Å²) in [6.45, 7) is 2.13. The number of pyridine rings is 2. The van der Waals surface area contributed by atoms with Crippen molar-refractivity contribution in [1.82, 2.24) is 15.0 Å². The van der Waals surface area contributed by atoms with Crippen LogP contribution in [0.5, 0.6) is 0 Å². The van der Waals surface area contributed by atoms with Crippen LogP contribution in [0.4, 0.5) is 11.5 Å². The monoisotopic (exact) mass is 318 g/mol. The van der Waals surface area contributed by atoms with Gasteiger partial charge < -0.3 is 15.6 Å². The minimum Gasteiger partial charge on any atom is -0.383 e. The number of piperidine rings is 1. The van der Waals surface area contributed by atoms with Crippen molar-refractivity contribution >= 4 is 22.5 Å². The van der Waals surface area contributed by atoms with E-state index in [2.05, 4.69) is 32.0 Å². The van der Waals surface area contributed by atoms with E-state index >= 15 is 0 Å². The highest BCUT2D eigenvalue weighted by Gasteiger charge is 2.18. The van der Waals surface area contributed by atoms with Crippen molar-refractivity contribution in [3.63, 3.8) is 0 Å². The molecule has 0 unspecified atom stereocenters. The molecule has 0 aromatic carbocycles. The van der Waals surface area contributed by atoms with Gasteiger partial charge in [-0.25, -0.2) is 9.97 Å². The molecule has 0 amide bonds. The van der Waals surface area contributed by atoms with Gasteiger partial charge in [0.1, 0.15) is 17.5 Å².